The Morgan fingerprint density at radius 1 is 1.41 bits per heavy atom. The van der Waals surface area contributed by atoms with Crippen LogP contribution in [0.4, 0.5) is 19.3 Å². The van der Waals surface area contributed by atoms with E-state index < -0.39 is 17.7 Å². The Morgan fingerprint density at radius 2 is 2.18 bits per heavy atom. The lowest BCUT2D eigenvalue weighted by Gasteiger charge is -2.07. The molecule has 0 saturated heterocycles. The molecule has 0 bridgehead atoms. The number of halogens is 2. The van der Waals surface area contributed by atoms with Crippen LogP contribution in [0.25, 0.3) is 0 Å². The lowest BCUT2D eigenvalue weighted by Crippen LogP contribution is -2.29. The van der Waals surface area contributed by atoms with Crippen molar-refractivity contribution in [3.05, 3.63) is 29.8 Å². The van der Waals surface area contributed by atoms with Gasteiger partial charge < -0.3 is 10.6 Å². The minimum atomic E-state index is -0.836. The largest absolute Gasteiger partial charge is 0.338 e. The minimum Gasteiger partial charge on any atom is -0.338 e. The minimum absolute atomic E-state index is 0.0933. The van der Waals surface area contributed by atoms with Crippen molar-refractivity contribution in [1.82, 2.24) is 5.32 Å². The molecule has 1 aromatic carbocycles. The first-order valence-corrected chi connectivity index (χ1v) is 5.00. The number of unbranched alkanes of at least 4 members (excludes halogenated alkanes) is 1. The molecule has 6 heteroatoms. The zero-order chi connectivity index (χ0) is 12.7. The van der Waals surface area contributed by atoms with Crippen molar-refractivity contribution in [2.75, 3.05) is 11.9 Å². The summed E-state index contributed by atoms with van der Waals surface area (Å²) in [5, 5.41) is 13.0. The summed E-state index contributed by atoms with van der Waals surface area (Å²) in [4.78, 5) is 11.2. The second-order valence-electron chi connectivity index (χ2n) is 3.27. The topological polar surface area (TPSA) is 64.9 Å². The van der Waals surface area contributed by atoms with E-state index in [0.717, 1.165) is 12.1 Å². The lowest BCUT2D eigenvalue weighted by molar-refractivity contribution is 0.252. The van der Waals surface area contributed by atoms with Gasteiger partial charge in [-0.15, -0.1) is 0 Å². The van der Waals surface area contributed by atoms with Crippen LogP contribution in [0, 0.1) is 23.0 Å². The highest BCUT2D eigenvalue weighted by molar-refractivity contribution is 5.89. The van der Waals surface area contributed by atoms with Crippen LogP contribution in [0.15, 0.2) is 18.2 Å². The highest BCUT2D eigenvalue weighted by Gasteiger charge is 2.06. The number of amides is 2. The number of carbonyl (C=O) groups excluding carboxylic acids is 1. The Labute approximate surface area is 97.2 Å². The van der Waals surface area contributed by atoms with Gasteiger partial charge in [-0.1, -0.05) is 0 Å². The number of nitriles is 1. The molecular weight excluding hydrogens is 228 g/mol. The predicted octanol–water partition coefficient (Wildman–Crippen LogP) is 2.39. The SMILES string of the molecule is N#CCCCNC(=O)Nc1ccc(F)cc1F. The zero-order valence-corrected chi connectivity index (χ0v) is 8.96. The third kappa shape index (κ3) is 4.47. The molecule has 1 aromatic rings. The van der Waals surface area contributed by atoms with Crippen LogP contribution < -0.4 is 10.6 Å². The van der Waals surface area contributed by atoms with Crippen molar-refractivity contribution in [1.29, 1.82) is 5.26 Å². The van der Waals surface area contributed by atoms with Crippen molar-refractivity contribution in [2.24, 2.45) is 0 Å². The van der Waals surface area contributed by atoms with E-state index in [0.29, 0.717) is 25.5 Å². The van der Waals surface area contributed by atoms with Gasteiger partial charge in [0.1, 0.15) is 11.6 Å². The summed E-state index contributed by atoms with van der Waals surface area (Å²) in [5.74, 6) is -1.54. The van der Waals surface area contributed by atoms with E-state index in [1.807, 2.05) is 6.07 Å². The van der Waals surface area contributed by atoms with E-state index in [9.17, 15) is 13.6 Å². The predicted molar refractivity (Wildman–Crippen MR) is 58.2 cm³/mol. The Morgan fingerprint density at radius 3 is 2.82 bits per heavy atom. The molecular formula is C11H11F2N3O. The highest BCUT2D eigenvalue weighted by Crippen LogP contribution is 2.14. The second kappa shape index (κ2) is 6.43. The summed E-state index contributed by atoms with van der Waals surface area (Å²) in [6.45, 7) is 0.322. The number of hydrogen-bond donors (Lipinski definition) is 2. The van der Waals surface area contributed by atoms with Crippen molar-refractivity contribution in [3.8, 4) is 6.07 Å². The molecule has 0 aliphatic rings. The van der Waals surface area contributed by atoms with E-state index in [1.54, 1.807) is 0 Å². The van der Waals surface area contributed by atoms with Gasteiger partial charge in [-0.25, -0.2) is 13.6 Å². The number of anilines is 1. The maximum absolute atomic E-state index is 13.1. The van der Waals surface area contributed by atoms with Gasteiger partial charge in [0.25, 0.3) is 0 Å². The maximum Gasteiger partial charge on any atom is 0.319 e. The second-order valence-corrected chi connectivity index (χ2v) is 3.27. The van der Waals surface area contributed by atoms with Gasteiger partial charge in [0, 0.05) is 19.0 Å². The quantitative estimate of drug-likeness (QED) is 0.792. The molecule has 0 unspecified atom stereocenters. The van der Waals surface area contributed by atoms with Crippen LogP contribution >= 0.6 is 0 Å². The summed E-state index contributed by atoms with van der Waals surface area (Å²) < 4.78 is 25.7. The molecule has 17 heavy (non-hydrogen) atoms. The molecule has 0 fully saturated rings. The van der Waals surface area contributed by atoms with Gasteiger partial charge in [-0.05, 0) is 18.6 Å². The number of nitrogens with one attached hydrogen (secondary N) is 2. The molecule has 0 saturated carbocycles. The van der Waals surface area contributed by atoms with E-state index in [-0.39, 0.29) is 5.69 Å². The molecule has 4 nitrogen and oxygen atoms in total. The van der Waals surface area contributed by atoms with Gasteiger partial charge in [0.15, 0.2) is 0 Å². The third-order valence-corrected chi connectivity index (χ3v) is 1.93. The van der Waals surface area contributed by atoms with Gasteiger partial charge in [-0.3, -0.25) is 0 Å². The molecule has 0 spiro atoms. The van der Waals surface area contributed by atoms with Gasteiger partial charge >= 0.3 is 6.03 Å². The van der Waals surface area contributed by atoms with Crippen LogP contribution in [0.2, 0.25) is 0 Å². The molecule has 1 rings (SSSR count). The number of hydrogen-bond acceptors (Lipinski definition) is 2. The number of benzene rings is 1. The smallest absolute Gasteiger partial charge is 0.319 e. The van der Waals surface area contributed by atoms with Crippen LogP contribution in [0.1, 0.15) is 12.8 Å². The molecule has 2 amide bonds. The van der Waals surface area contributed by atoms with E-state index in [2.05, 4.69) is 10.6 Å². The highest BCUT2D eigenvalue weighted by atomic mass is 19.1. The average Bonchev–Trinajstić information content (AvgIpc) is 2.28. The Hall–Kier alpha value is -2.16. The van der Waals surface area contributed by atoms with Crippen LogP contribution in [0.5, 0.6) is 0 Å². The molecule has 0 aromatic heterocycles. The van der Waals surface area contributed by atoms with Crippen molar-refractivity contribution in [3.63, 3.8) is 0 Å². The fourth-order valence-electron chi connectivity index (χ4n) is 1.13. The normalized spacial score (nSPS) is 9.47. The van der Waals surface area contributed by atoms with E-state index in [4.69, 9.17) is 5.26 Å². The van der Waals surface area contributed by atoms with Gasteiger partial charge in [0.05, 0.1) is 11.8 Å². The number of urea groups is 1. The Kier molecular flexibility index (Phi) is 4.88. The standard InChI is InChI=1S/C11H11F2N3O/c12-8-3-4-10(9(13)7-8)16-11(17)15-6-2-1-5-14/h3-4,7H,1-2,6H2,(H2,15,16,17). The van der Waals surface area contributed by atoms with E-state index >= 15 is 0 Å². The summed E-state index contributed by atoms with van der Waals surface area (Å²) >= 11 is 0. The van der Waals surface area contributed by atoms with Crippen LogP contribution in [-0.4, -0.2) is 12.6 Å². The van der Waals surface area contributed by atoms with Crippen molar-refractivity contribution >= 4 is 11.7 Å². The Bertz CT molecular complexity index is 443. The number of nitrogens with zero attached hydrogens (tertiary/aromatic N) is 1. The average molecular weight is 239 g/mol. The Balaban J connectivity index is 2.43. The van der Waals surface area contributed by atoms with Crippen LogP contribution in [-0.2, 0) is 0 Å². The fraction of sp³-hybridized carbons (Fsp3) is 0.273. The lowest BCUT2D eigenvalue weighted by atomic mass is 10.3. The molecule has 90 valence electrons. The first kappa shape index (κ1) is 12.9. The summed E-state index contributed by atoms with van der Waals surface area (Å²) in [6.07, 6.45) is 0.862. The number of rotatable bonds is 4. The van der Waals surface area contributed by atoms with Crippen LogP contribution in [0.3, 0.4) is 0 Å². The summed E-state index contributed by atoms with van der Waals surface area (Å²) in [5.41, 5.74) is -0.0933. The molecule has 0 aliphatic carbocycles. The van der Waals surface area contributed by atoms with Gasteiger partial charge in [0.2, 0.25) is 0 Å². The van der Waals surface area contributed by atoms with Crippen molar-refractivity contribution < 1.29 is 13.6 Å². The molecule has 0 radical (unpaired) electrons. The molecule has 0 atom stereocenters. The number of carbonyl (C=O) groups is 1. The maximum atomic E-state index is 13.1. The third-order valence-electron chi connectivity index (χ3n) is 1.93. The molecule has 2 N–H and O–H groups in total. The first-order valence-electron chi connectivity index (χ1n) is 5.00. The molecule has 0 aliphatic heterocycles. The fourth-order valence-corrected chi connectivity index (χ4v) is 1.13. The summed E-state index contributed by atoms with van der Waals surface area (Å²) in [7, 11) is 0. The van der Waals surface area contributed by atoms with Gasteiger partial charge in [-0.2, -0.15) is 5.26 Å². The van der Waals surface area contributed by atoms with Crippen molar-refractivity contribution in [2.45, 2.75) is 12.8 Å². The summed E-state index contributed by atoms with van der Waals surface area (Å²) in [6, 6.07) is 4.22. The monoisotopic (exact) mass is 239 g/mol. The molecule has 0 heterocycles. The first-order chi connectivity index (χ1) is 8.13. The van der Waals surface area contributed by atoms with E-state index in [1.165, 1.54) is 0 Å². The zero-order valence-electron chi connectivity index (χ0n) is 8.96.